The lowest BCUT2D eigenvalue weighted by atomic mass is 10.1. The van der Waals surface area contributed by atoms with Crippen molar-refractivity contribution in [3.63, 3.8) is 0 Å². The van der Waals surface area contributed by atoms with Gasteiger partial charge in [-0.25, -0.2) is 0 Å². The Kier molecular flexibility index (Phi) is 3.54. The van der Waals surface area contributed by atoms with E-state index in [1.165, 1.54) is 4.90 Å². The van der Waals surface area contributed by atoms with Gasteiger partial charge in [0.15, 0.2) is 0 Å². The van der Waals surface area contributed by atoms with Gasteiger partial charge < -0.3 is 4.90 Å². The molecule has 3 nitrogen and oxygen atoms in total. The van der Waals surface area contributed by atoms with Crippen molar-refractivity contribution in [2.24, 2.45) is 0 Å². The zero-order valence-electron chi connectivity index (χ0n) is 7.76. The lowest BCUT2D eigenvalue weighted by Gasteiger charge is -2.29. The fourth-order valence-electron chi connectivity index (χ4n) is 0.617. The van der Waals surface area contributed by atoms with Gasteiger partial charge >= 0.3 is 0 Å². The zero-order valence-corrected chi connectivity index (χ0v) is 8.51. The molecule has 0 radical (unpaired) electrons. The first-order valence-corrected chi connectivity index (χ1v) is 4.09. The van der Waals surface area contributed by atoms with Crippen molar-refractivity contribution in [1.82, 2.24) is 4.90 Å². The van der Waals surface area contributed by atoms with Crippen LogP contribution >= 0.6 is 11.6 Å². The number of hydrogen-bond acceptors (Lipinski definition) is 2. The monoisotopic (exact) mass is 188 g/mol. The summed E-state index contributed by atoms with van der Waals surface area (Å²) in [7, 11) is 1.57. The molecule has 0 aromatic rings. The Bertz CT molecular complexity index is 218. The van der Waals surface area contributed by atoms with Crippen LogP contribution in [-0.2, 0) is 4.79 Å². The number of hydrogen-bond donors (Lipinski definition) is 0. The van der Waals surface area contributed by atoms with Crippen LogP contribution in [0.1, 0.15) is 20.8 Å². The maximum atomic E-state index is 11.3. The van der Waals surface area contributed by atoms with Gasteiger partial charge in [0.1, 0.15) is 10.9 Å². The molecule has 0 bridgehead atoms. The number of halogens is 1. The second-order valence-corrected chi connectivity index (χ2v) is 3.84. The van der Waals surface area contributed by atoms with Crippen LogP contribution in [0.15, 0.2) is 0 Å². The Morgan fingerprint density at radius 3 is 2.33 bits per heavy atom. The Hall–Kier alpha value is -0.750. The van der Waals surface area contributed by atoms with Crippen LogP contribution in [0.5, 0.6) is 0 Å². The highest BCUT2D eigenvalue weighted by atomic mass is 35.5. The molecular formula is C8H13ClN2O. The molecule has 0 aliphatic rings. The Labute approximate surface area is 77.9 Å². The molecule has 0 heterocycles. The van der Waals surface area contributed by atoms with E-state index in [0.29, 0.717) is 0 Å². The smallest absolute Gasteiger partial charge is 0.241 e. The Morgan fingerprint density at radius 1 is 1.67 bits per heavy atom. The van der Waals surface area contributed by atoms with Crippen LogP contribution < -0.4 is 0 Å². The molecular weight excluding hydrogens is 176 g/mol. The molecule has 12 heavy (non-hydrogen) atoms. The molecule has 0 aliphatic heterocycles. The molecule has 0 aromatic heterocycles. The number of amides is 1. The van der Waals surface area contributed by atoms with E-state index < -0.39 is 10.9 Å². The van der Waals surface area contributed by atoms with Crippen LogP contribution in [0.2, 0.25) is 0 Å². The van der Waals surface area contributed by atoms with Crippen molar-refractivity contribution in [3.8, 4) is 6.07 Å². The molecule has 0 aromatic carbocycles. The van der Waals surface area contributed by atoms with Crippen LogP contribution in [0.25, 0.3) is 0 Å². The van der Waals surface area contributed by atoms with Gasteiger partial charge in [0.25, 0.3) is 0 Å². The molecule has 0 N–H and O–H groups in total. The van der Waals surface area contributed by atoms with E-state index in [9.17, 15) is 4.79 Å². The van der Waals surface area contributed by atoms with E-state index in [1.54, 1.807) is 27.8 Å². The average Bonchev–Trinajstić information content (AvgIpc) is 2.01. The minimum Gasteiger partial charge on any atom is -0.326 e. The van der Waals surface area contributed by atoms with Crippen LogP contribution in [0, 0.1) is 11.3 Å². The minimum absolute atomic E-state index is 0.233. The third kappa shape index (κ3) is 2.38. The summed E-state index contributed by atoms with van der Waals surface area (Å²) in [6, 6.07) is 2.02. The second-order valence-electron chi connectivity index (χ2n) is 3.18. The molecule has 1 unspecified atom stereocenters. The maximum Gasteiger partial charge on any atom is 0.241 e. The number of nitrogens with zero attached hydrogens (tertiary/aromatic N) is 2. The summed E-state index contributed by atoms with van der Waals surface area (Å²) >= 11 is 5.59. The SMILES string of the molecule is CC(Cl)C(=O)N(C)C(C)(C)C#N. The average molecular weight is 189 g/mol. The summed E-state index contributed by atoms with van der Waals surface area (Å²) in [5.74, 6) is -0.233. The van der Waals surface area contributed by atoms with Gasteiger partial charge in [0.05, 0.1) is 6.07 Å². The van der Waals surface area contributed by atoms with E-state index in [-0.39, 0.29) is 5.91 Å². The van der Waals surface area contributed by atoms with Crippen molar-refractivity contribution in [2.45, 2.75) is 31.7 Å². The molecule has 68 valence electrons. The lowest BCUT2D eigenvalue weighted by Crippen LogP contribution is -2.46. The molecule has 4 heteroatoms. The van der Waals surface area contributed by atoms with E-state index in [4.69, 9.17) is 16.9 Å². The van der Waals surface area contributed by atoms with Gasteiger partial charge in [-0.2, -0.15) is 5.26 Å². The van der Waals surface area contributed by atoms with Gasteiger partial charge in [0.2, 0.25) is 5.91 Å². The maximum absolute atomic E-state index is 11.3. The third-order valence-corrected chi connectivity index (χ3v) is 1.97. The molecule has 0 saturated heterocycles. The van der Waals surface area contributed by atoms with Crippen LogP contribution in [0.4, 0.5) is 0 Å². The topological polar surface area (TPSA) is 44.1 Å². The zero-order chi connectivity index (χ0) is 9.94. The minimum atomic E-state index is -0.791. The summed E-state index contributed by atoms with van der Waals surface area (Å²) < 4.78 is 0. The Balaban J connectivity index is 4.52. The summed E-state index contributed by atoms with van der Waals surface area (Å²) in [6.07, 6.45) is 0. The first-order chi connectivity index (χ1) is 5.33. The van der Waals surface area contributed by atoms with Gasteiger partial charge in [-0.05, 0) is 20.8 Å². The van der Waals surface area contributed by atoms with Crippen molar-refractivity contribution < 1.29 is 4.79 Å². The van der Waals surface area contributed by atoms with Crippen LogP contribution in [-0.4, -0.2) is 28.8 Å². The molecule has 0 fully saturated rings. The molecule has 0 spiro atoms. The van der Waals surface area contributed by atoms with Crippen molar-refractivity contribution >= 4 is 17.5 Å². The normalized spacial score (nSPS) is 13.3. The van der Waals surface area contributed by atoms with E-state index in [0.717, 1.165) is 0 Å². The molecule has 0 rings (SSSR count). The number of rotatable bonds is 2. The van der Waals surface area contributed by atoms with Crippen molar-refractivity contribution in [2.75, 3.05) is 7.05 Å². The summed E-state index contributed by atoms with van der Waals surface area (Å²) in [5, 5.41) is 8.13. The molecule has 1 amide bonds. The van der Waals surface area contributed by atoms with Gasteiger partial charge in [-0.1, -0.05) is 0 Å². The van der Waals surface area contributed by atoms with E-state index in [2.05, 4.69) is 0 Å². The molecule has 1 atom stereocenters. The quantitative estimate of drug-likeness (QED) is 0.615. The first-order valence-electron chi connectivity index (χ1n) is 3.66. The number of alkyl halides is 1. The van der Waals surface area contributed by atoms with Crippen molar-refractivity contribution in [1.29, 1.82) is 5.26 Å². The highest BCUT2D eigenvalue weighted by molar-refractivity contribution is 6.30. The predicted octanol–water partition coefficient (Wildman–Crippen LogP) is 1.37. The summed E-state index contributed by atoms with van der Waals surface area (Å²) in [4.78, 5) is 12.6. The van der Waals surface area contributed by atoms with E-state index >= 15 is 0 Å². The van der Waals surface area contributed by atoms with Gasteiger partial charge in [-0.15, -0.1) is 11.6 Å². The third-order valence-electron chi connectivity index (χ3n) is 1.78. The van der Waals surface area contributed by atoms with Crippen LogP contribution in [0.3, 0.4) is 0 Å². The summed E-state index contributed by atoms with van der Waals surface area (Å²) in [5.41, 5.74) is -0.791. The fourth-order valence-corrected chi connectivity index (χ4v) is 0.764. The highest BCUT2D eigenvalue weighted by Gasteiger charge is 2.29. The first kappa shape index (κ1) is 11.2. The Morgan fingerprint density at radius 2 is 2.08 bits per heavy atom. The number of nitriles is 1. The lowest BCUT2D eigenvalue weighted by molar-refractivity contribution is -0.132. The van der Waals surface area contributed by atoms with Gasteiger partial charge in [-0.3, -0.25) is 4.79 Å². The molecule has 0 saturated carbocycles. The van der Waals surface area contributed by atoms with Gasteiger partial charge in [0, 0.05) is 7.05 Å². The standard InChI is InChI=1S/C8H13ClN2O/c1-6(9)7(12)11(4)8(2,3)5-10/h6H,1-4H3. The van der Waals surface area contributed by atoms with E-state index in [1.807, 2.05) is 6.07 Å². The number of carbonyl (C=O) groups excluding carboxylic acids is 1. The fraction of sp³-hybridized carbons (Fsp3) is 0.750. The largest absolute Gasteiger partial charge is 0.326 e. The highest BCUT2D eigenvalue weighted by Crippen LogP contribution is 2.13. The van der Waals surface area contributed by atoms with Crippen molar-refractivity contribution in [3.05, 3.63) is 0 Å². The predicted molar refractivity (Wildman–Crippen MR) is 47.8 cm³/mol. The summed E-state index contributed by atoms with van der Waals surface area (Å²) in [6.45, 7) is 4.93. The number of carbonyl (C=O) groups is 1. The molecule has 0 aliphatic carbocycles. The second kappa shape index (κ2) is 3.77.